The zero-order valence-corrected chi connectivity index (χ0v) is 23.3. The first-order valence-electron chi connectivity index (χ1n) is 14.4. The van der Waals surface area contributed by atoms with Gasteiger partial charge in [-0.3, -0.25) is 4.79 Å². The number of carbonyl (C=O) groups excluding carboxylic acids is 2. The van der Waals surface area contributed by atoms with Crippen molar-refractivity contribution in [2.45, 2.75) is 116 Å². The predicted molar refractivity (Wildman–Crippen MR) is 147 cm³/mol. The fourth-order valence-corrected chi connectivity index (χ4v) is 4.23. The van der Waals surface area contributed by atoms with Crippen molar-refractivity contribution in [3.8, 4) is 0 Å². The fourth-order valence-electron chi connectivity index (χ4n) is 4.23. The number of carboxylic acid groups (broad SMARTS) is 2. The van der Waals surface area contributed by atoms with Crippen molar-refractivity contribution in [2.75, 3.05) is 13.2 Å². The van der Waals surface area contributed by atoms with Gasteiger partial charge in [0.05, 0.1) is 16.7 Å². The molecule has 9 nitrogen and oxygen atoms in total. The monoisotopic (exact) mass is 550 g/mol. The minimum Gasteiger partial charge on any atom is -0.478 e. The maximum Gasteiger partial charge on any atom is 0.339 e. The number of esters is 2. The summed E-state index contributed by atoms with van der Waals surface area (Å²) in [6, 6.07) is 2.98. The molecule has 1 rings (SSSR count). The van der Waals surface area contributed by atoms with Gasteiger partial charge >= 0.3 is 23.9 Å². The van der Waals surface area contributed by atoms with Crippen LogP contribution in [0.15, 0.2) is 18.2 Å². The Morgan fingerprint density at radius 3 is 1.64 bits per heavy atom. The number of aliphatic hydroxyl groups is 1. The molecule has 0 aromatic heterocycles. The molecule has 0 aliphatic carbocycles. The number of hydrogen-bond donors (Lipinski definition) is 3. The summed E-state index contributed by atoms with van der Waals surface area (Å²) in [5, 5.41) is 28.2. The van der Waals surface area contributed by atoms with E-state index in [0.717, 1.165) is 31.0 Å². The molecule has 220 valence electrons. The Labute approximate surface area is 231 Å². The van der Waals surface area contributed by atoms with E-state index >= 15 is 0 Å². The summed E-state index contributed by atoms with van der Waals surface area (Å²) in [4.78, 5) is 46.5. The number of hydrogen-bond acceptors (Lipinski definition) is 7. The van der Waals surface area contributed by atoms with Crippen LogP contribution < -0.4 is 0 Å². The van der Waals surface area contributed by atoms with Crippen molar-refractivity contribution in [3.63, 3.8) is 0 Å². The molecule has 0 fully saturated rings. The molecule has 0 aliphatic heterocycles. The van der Waals surface area contributed by atoms with E-state index in [2.05, 4.69) is 6.92 Å². The maximum absolute atomic E-state index is 12.2. The van der Waals surface area contributed by atoms with Gasteiger partial charge in [-0.25, -0.2) is 14.4 Å². The molecule has 3 N–H and O–H groups in total. The van der Waals surface area contributed by atoms with Gasteiger partial charge in [-0.15, -0.1) is 0 Å². The molecular weight excluding hydrogens is 504 g/mol. The first-order chi connectivity index (χ1) is 18.8. The lowest BCUT2D eigenvalue weighted by atomic mass is 10.0. The molecule has 0 amide bonds. The molecule has 0 spiro atoms. The Bertz CT molecular complexity index is 881. The van der Waals surface area contributed by atoms with E-state index in [-0.39, 0.29) is 24.2 Å². The highest BCUT2D eigenvalue weighted by molar-refractivity contribution is 6.04. The van der Waals surface area contributed by atoms with Gasteiger partial charge in [0.25, 0.3) is 0 Å². The van der Waals surface area contributed by atoms with Crippen LogP contribution in [-0.4, -0.2) is 58.5 Å². The van der Waals surface area contributed by atoms with E-state index in [9.17, 15) is 29.4 Å². The van der Waals surface area contributed by atoms with Crippen LogP contribution in [0, 0.1) is 0 Å². The molecule has 0 saturated heterocycles. The van der Waals surface area contributed by atoms with Crippen LogP contribution >= 0.6 is 0 Å². The average Bonchev–Trinajstić information content (AvgIpc) is 2.92. The summed E-state index contributed by atoms with van der Waals surface area (Å²) in [5.74, 6) is -4.29. The molecule has 0 unspecified atom stereocenters. The molecule has 39 heavy (non-hydrogen) atoms. The first-order valence-corrected chi connectivity index (χ1v) is 14.4. The van der Waals surface area contributed by atoms with Crippen molar-refractivity contribution in [2.24, 2.45) is 0 Å². The van der Waals surface area contributed by atoms with Crippen LogP contribution in [0.3, 0.4) is 0 Å². The van der Waals surface area contributed by atoms with Crippen molar-refractivity contribution in [3.05, 3.63) is 34.9 Å². The number of aromatic carboxylic acids is 2. The van der Waals surface area contributed by atoms with Gasteiger partial charge in [0.15, 0.2) is 0 Å². The minimum absolute atomic E-state index is 0.253. The Hall–Kier alpha value is -2.94. The van der Waals surface area contributed by atoms with Gasteiger partial charge in [0.2, 0.25) is 0 Å². The van der Waals surface area contributed by atoms with Crippen LogP contribution in [0.2, 0.25) is 0 Å². The second kappa shape index (κ2) is 21.0. The minimum atomic E-state index is -1.49. The molecule has 1 aromatic carbocycles. The highest BCUT2D eigenvalue weighted by atomic mass is 16.6. The highest BCUT2D eigenvalue weighted by Crippen LogP contribution is 2.15. The van der Waals surface area contributed by atoms with E-state index in [4.69, 9.17) is 14.6 Å². The van der Waals surface area contributed by atoms with Crippen molar-refractivity contribution in [1.82, 2.24) is 0 Å². The van der Waals surface area contributed by atoms with Crippen LogP contribution in [-0.2, 0) is 14.3 Å². The van der Waals surface area contributed by atoms with E-state index in [1.54, 1.807) is 0 Å². The van der Waals surface area contributed by atoms with Crippen LogP contribution in [0.1, 0.15) is 141 Å². The SMILES string of the molecule is CCCCCCCCCCCCCCCCCC(=O)OC[C@H](O)COC(=O)c1ccc(C(=O)O)cc1C(=O)O. The number of aliphatic hydroxyl groups excluding tert-OH is 1. The topological polar surface area (TPSA) is 147 Å². The van der Waals surface area contributed by atoms with Gasteiger partial charge < -0.3 is 24.8 Å². The predicted octanol–water partition coefficient (Wildman–Crippen LogP) is 6.41. The van der Waals surface area contributed by atoms with Crippen molar-refractivity contribution in [1.29, 1.82) is 0 Å². The summed E-state index contributed by atoms with van der Waals surface area (Å²) in [6.07, 6.45) is 17.5. The molecule has 9 heteroatoms. The second-order valence-corrected chi connectivity index (χ2v) is 10.0. The largest absolute Gasteiger partial charge is 0.478 e. The summed E-state index contributed by atoms with van der Waals surface area (Å²) in [7, 11) is 0. The molecule has 0 radical (unpaired) electrons. The average molecular weight is 551 g/mol. The van der Waals surface area contributed by atoms with E-state index in [1.807, 2.05) is 0 Å². The molecule has 0 aliphatic rings. The summed E-state index contributed by atoms with van der Waals surface area (Å²) in [6.45, 7) is 1.38. The van der Waals surface area contributed by atoms with Gasteiger partial charge in [-0.05, 0) is 24.6 Å². The van der Waals surface area contributed by atoms with Gasteiger partial charge in [-0.1, -0.05) is 96.8 Å². The highest BCUT2D eigenvalue weighted by Gasteiger charge is 2.21. The zero-order valence-electron chi connectivity index (χ0n) is 23.3. The molecule has 0 heterocycles. The van der Waals surface area contributed by atoms with E-state index in [0.29, 0.717) is 6.42 Å². The quantitative estimate of drug-likeness (QED) is 0.104. The number of carbonyl (C=O) groups is 4. The smallest absolute Gasteiger partial charge is 0.339 e. The number of rotatable bonds is 23. The van der Waals surface area contributed by atoms with E-state index < -0.39 is 42.2 Å². The van der Waals surface area contributed by atoms with Crippen molar-refractivity contribution >= 4 is 23.9 Å². The zero-order chi connectivity index (χ0) is 28.9. The number of ether oxygens (including phenoxy) is 2. The van der Waals surface area contributed by atoms with Crippen LogP contribution in [0.5, 0.6) is 0 Å². The Balaban J connectivity index is 2.08. The molecule has 0 bridgehead atoms. The number of carboxylic acids is 2. The van der Waals surface area contributed by atoms with Gasteiger partial charge in [-0.2, -0.15) is 0 Å². The standard InChI is InChI=1S/C30H46O9/c1-2-3-4-5-6-7-8-9-10-11-12-13-14-15-16-17-27(32)38-21-24(31)22-39-30(37)25-19-18-23(28(33)34)20-26(25)29(35)36/h18-20,24,31H,2-17,21-22H2,1H3,(H,33,34)(H,35,36)/t24-/m0/s1. The molecule has 1 atom stereocenters. The van der Waals surface area contributed by atoms with Crippen LogP contribution in [0.25, 0.3) is 0 Å². The van der Waals surface area contributed by atoms with Crippen LogP contribution in [0.4, 0.5) is 0 Å². The molecular formula is C30H46O9. The number of benzene rings is 1. The third kappa shape index (κ3) is 15.9. The third-order valence-electron chi connectivity index (χ3n) is 6.54. The van der Waals surface area contributed by atoms with Gasteiger partial charge in [0.1, 0.15) is 19.3 Å². The maximum atomic E-state index is 12.2. The summed E-state index contributed by atoms with van der Waals surface area (Å²) < 4.78 is 9.94. The second-order valence-electron chi connectivity index (χ2n) is 10.0. The lowest BCUT2D eigenvalue weighted by Crippen LogP contribution is -2.26. The van der Waals surface area contributed by atoms with E-state index in [1.165, 1.54) is 77.0 Å². The third-order valence-corrected chi connectivity index (χ3v) is 6.54. The van der Waals surface area contributed by atoms with Crippen molar-refractivity contribution < 1.29 is 44.0 Å². The normalized spacial score (nSPS) is 11.6. The summed E-state index contributed by atoms with van der Waals surface area (Å²) in [5.41, 5.74) is -1.15. The Kier molecular flexibility index (Phi) is 18.3. The summed E-state index contributed by atoms with van der Waals surface area (Å²) >= 11 is 0. The Morgan fingerprint density at radius 1 is 0.667 bits per heavy atom. The fraction of sp³-hybridized carbons (Fsp3) is 0.667. The first kappa shape index (κ1) is 34.1. The lowest BCUT2D eigenvalue weighted by molar-refractivity contribution is -0.147. The lowest BCUT2D eigenvalue weighted by Gasteiger charge is -2.13. The Morgan fingerprint density at radius 2 is 1.15 bits per heavy atom. The van der Waals surface area contributed by atoms with Gasteiger partial charge in [0, 0.05) is 6.42 Å². The molecule has 0 saturated carbocycles. The molecule has 1 aromatic rings. The number of unbranched alkanes of at least 4 members (excludes halogenated alkanes) is 14.